The van der Waals surface area contributed by atoms with Gasteiger partial charge in [0.25, 0.3) is 0 Å². The van der Waals surface area contributed by atoms with Crippen LogP contribution in [0.25, 0.3) is 0 Å². The lowest BCUT2D eigenvalue weighted by atomic mass is 10.1. The minimum absolute atomic E-state index is 0.0486. The van der Waals surface area contributed by atoms with Crippen molar-refractivity contribution in [1.29, 1.82) is 0 Å². The van der Waals surface area contributed by atoms with Gasteiger partial charge in [0.2, 0.25) is 10.0 Å². The SMILES string of the molecule is O=S(=O)(Cc1ccc(F)cc1F)N1CCC(O)CC1. The largest absolute Gasteiger partial charge is 0.393 e. The number of sulfonamides is 1. The number of benzene rings is 1. The highest BCUT2D eigenvalue weighted by Gasteiger charge is 2.28. The topological polar surface area (TPSA) is 57.6 Å². The molecule has 0 spiro atoms. The normalized spacial score (nSPS) is 18.7. The van der Waals surface area contributed by atoms with Crippen molar-refractivity contribution in [1.82, 2.24) is 4.31 Å². The van der Waals surface area contributed by atoms with E-state index in [1.165, 1.54) is 4.31 Å². The second kappa shape index (κ2) is 5.52. The van der Waals surface area contributed by atoms with Gasteiger partial charge in [-0.25, -0.2) is 21.5 Å². The quantitative estimate of drug-likeness (QED) is 0.912. The number of piperidine rings is 1. The van der Waals surface area contributed by atoms with Crippen LogP contribution in [0.15, 0.2) is 18.2 Å². The maximum Gasteiger partial charge on any atom is 0.218 e. The molecule has 0 amide bonds. The van der Waals surface area contributed by atoms with Crippen LogP contribution in [0.1, 0.15) is 18.4 Å². The van der Waals surface area contributed by atoms with E-state index in [0.717, 1.165) is 12.1 Å². The van der Waals surface area contributed by atoms with Crippen molar-refractivity contribution in [2.24, 2.45) is 0 Å². The second-order valence-electron chi connectivity index (χ2n) is 4.62. The van der Waals surface area contributed by atoms with Crippen LogP contribution in [0.3, 0.4) is 0 Å². The molecule has 106 valence electrons. The van der Waals surface area contributed by atoms with E-state index in [1.54, 1.807) is 0 Å². The molecule has 1 aromatic carbocycles. The van der Waals surface area contributed by atoms with Gasteiger partial charge in [-0.1, -0.05) is 6.07 Å². The summed E-state index contributed by atoms with van der Waals surface area (Å²) < 4.78 is 51.6. The van der Waals surface area contributed by atoms with Crippen LogP contribution in [-0.4, -0.2) is 37.0 Å². The van der Waals surface area contributed by atoms with Crippen molar-refractivity contribution in [3.05, 3.63) is 35.4 Å². The van der Waals surface area contributed by atoms with Crippen LogP contribution in [0.5, 0.6) is 0 Å². The third-order valence-electron chi connectivity index (χ3n) is 3.17. The van der Waals surface area contributed by atoms with Gasteiger partial charge >= 0.3 is 0 Å². The summed E-state index contributed by atoms with van der Waals surface area (Å²) in [5.74, 6) is -2.09. The van der Waals surface area contributed by atoms with Gasteiger partial charge in [-0.2, -0.15) is 0 Å². The standard InChI is InChI=1S/C12H15F2NO3S/c13-10-2-1-9(12(14)7-10)8-19(17,18)15-5-3-11(16)4-6-15/h1-2,7,11,16H,3-6,8H2. The molecule has 0 radical (unpaired) electrons. The van der Waals surface area contributed by atoms with Crippen LogP contribution in [0, 0.1) is 11.6 Å². The number of halogens is 2. The molecule has 1 aliphatic rings. The van der Waals surface area contributed by atoms with Crippen LogP contribution in [0.2, 0.25) is 0 Å². The Morgan fingerprint density at radius 2 is 1.89 bits per heavy atom. The molecular formula is C12H15F2NO3S. The molecule has 1 fully saturated rings. The molecule has 1 heterocycles. The number of hydrogen-bond donors (Lipinski definition) is 1. The molecule has 19 heavy (non-hydrogen) atoms. The van der Waals surface area contributed by atoms with Crippen molar-refractivity contribution in [3.8, 4) is 0 Å². The smallest absolute Gasteiger partial charge is 0.218 e. The Morgan fingerprint density at radius 3 is 2.47 bits per heavy atom. The van der Waals surface area contributed by atoms with Crippen molar-refractivity contribution in [3.63, 3.8) is 0 Å². The summed E-state index contributed by atoms with van der Waals surface area (Å²) in [5.41, 5.74) is -0.0486. The summed E-state index contributed by atoms with van der Waals surface area (Å²) in [6, 6.07) is 2.85. The van der Waals surface area contributed by atoms with Crippen LogP contribution >= 0.6 is 0 Å². The zero-order valence-electron chi connectivity index (χ0n) is 10.2. The van der Waals surface area contributed by atoms with Gasteiger partial charge in [0.15, 0.2) is 0 Å². The first-order valence-electron chi connectivity index (χ1n) is 5.98. The average Bonchev–Trinajstić information content (AvgIpc) is 2.33. The lowest BCUT2D eigenvalue weighted by molar-refractivity contribution is 0.113. The highest BCUT2D eigenvalue weighted by atomic mass is 32.2. The molecule has 0 unspecified atom stereocenters. The van der Waals surface area contributed by atoms with Gasteiger partial charge in [-0.15, -0.1) is 0 Å². The molecule has 4 nitrogen and oxygen atoms in total. The molecule has 0 saturated carbocycles. The third-order valence-corrected chi connectivity index (χ3v) is 5.00. The summed E-state index contributed by atoms with van der Waals surface area (Å²) in [4.78, 5) is 0. The maximum absolute atomic E-state index is 13.4. The van der Waals surface area contributed by atoms with E-state index in [-0.39, 0.29) is 18.7 Å². The Hall–Kier alpha value is -1.05. The lowest BCUT2D eigenvalue weighted by Crippen LogP contribution is -2.40. The lowest BCUT2D eigenvalue weighted by Gasteiger charge is -2.28. The second-order valence-corrected chi connectivity index (χ2v) is 6.59. The highest BCUT2D eigenvalue weighted by Crippen LogP contribution is 2.19. The number of rotatable bonds is 3. The van der Waals surface area contributed by atoms with Gasteiger partial charge in [0, 0.05) is 24.7 Å². The van der Waals surface area contributed by atoms with Crippen LogP contribution in [0.4, 0.5) is 8.78 Å². The summed E-state index contributed by atoms with van der Waals surface area (Å²) in [5, 5.41) is 9.33. The minimum atomic E-state index is -3.64. The Balaban J connectivity index is 2.12. The van der Waals surface area contributed by atoms with Crippen molar-refractivity contribution in [2.45, 2.75) is 24.7 Å². The summed E-state index contributed by atoms with van der Waals surface area (Å²) in [6.45, 7) is 0.457. The molecule has 1 aliphatic heterocycles. The molecule has 1 saturated heterocycles. The fourth-order valence-corrected chi connectivity index (χ4v) is 3.62. The number of aliphatic hydroxyl groups is 1. The van der Waals surface area contributed by atoms with Crippen LogP contribution < -0.4 is 0 Å². The van der Waals surface area contributed by atoms with E-state index >= 15 is 0 Å². The van der Waals surface area contributed by atoms with Gasteiger partial charge in [-0.3, -0.25) is 0 Å². The predicted molar refractivity (Wildman–Crippen MR) is 65.8 cm³/mol. The highest BCUT2D eigenvalue weighted by molar-refractivity contribution is 7.88. The van der Waals surface area contributed by atoms with Crippen LogP contribution in [-0.2, 0) is 15.8 Å². The molecular weight excluding hydrogens is 276 g/mol. The summed E-state index contributed by atoms with van der Waals surface area (Å²) >= 11 is 0. The molecule has 7 heteroatoms. The Labute approximate surface area is 110 Å². The predicted octanol–water partition coefficient (Wildman–Crippen LogP) is 1.25. The van der Waals surface area contributed by atoms with E-state index in [4.69, 9.17) is 0 Å². The van der Waals surface area contributed by atoms with E-state index in [1.807, 2.05) is 0 Å². The molecule has 0 aliphatic carbocycles. The van der Waals surface area contributed by atoms with Gasteiger partial charge in [0.05, 0.1) is 11.9 Å². The molecule has 2 rings (SSSR count). The van der Waals surface area contributed by atoms with E-state index in [2.05, 4.69) is 0 Å². The maximum atomic E-state index is 13.4. The van der Waals surface area contributed by atoms with Gasteiger partial charge < -0.3 is 5.11 Å². The first-order valence-corrected chi connectivity index (χ1v) is 7.59. The van der Waals surface area contributed by atoms with Crippen molar-refractivity contribution < 1.29 is 22.3 Å². The Kier molecular flexibility index (Phi) is 4.17. The first kappa shape index (κ1) is 14.4. The van der Waals surface area contributed by atoms with Crippen molar-refractivity contribution >= 4 is 10.0 Å². The van der Waals surface area contributed by atoms with Gasteiger partial charge in [0.1, 0.15) is 11.6 Å². The average molecular weight is 291 g/mol. The van der Waals surface area contributed by atoms with E-state index < -0.39 is 33.5 Å². The molecule has 0 aromatic heterocycles. The first-order chi connectivity index (χ1) is 8.88. The number of aliphatic hydroxyl groups excluding tert-OH is 1. The zero-order valence-corrected chi connectivity index (χ0v) is 11.0. The molecule has 1 aromatic rings. The molecule has 1 N–H and O–H groups in total. The minimum Gasteiger partial charge on any atom is -0.393 e. The zero-order chi connectivity index (χ0) is 14.0. The Bertz CT molecular complexity index is 554. The van der Waals surface area contributed by atoms with Gasteiger partial charge in [-0.05, 0) is 18.9 Å². The van der Waals surface area contributed by atoms with E-state index in [0.29, 0.717) is 18.9 Å². The summed E-state index contributed by atoms with van der Waals surface area (Å²) in [7, 11) is -3.64. The van der Waals surface area contributed by atoms with E-state index in [9.17, 15) is 22.3 Å². The monoisotopic (exact) mass is 291 g/mol. The fourth-order valence-electron chi connectivity index (χ4n) is 2.05. The molecule has 0 bridgehead atoms. The Morgan fingerprint density at radius 1 is 1.26 bits per heavy atom. The summed E-state index contributed by atoms with van der Waals surface area (Å²) in [6.07, 6.45) is 0.282. The van der Waals surface area contributed by atoms with Crippen molar-refractivity contribution in [2.75, 3.05) is 13.1 Å². The third kappa shape index (κ3) is 3.49. The number of hydrogen-bond acceptors (Lipinski definition) is 3. The molecule has 0 atom stereocenters. The fraction of sp³-hybridized carbons (Fsp3) is 0.500. The number of nitrogens with zero attached hydrogens (tertiary/aromatic N) is 1.